The second-order valence-corrected chi connectivity index (χ2v) is 5.39. The van der Waals surface area contributed by atoms with Crippen molar-refractivity contribution in [2.45, 2.75) is 32.7 Å². The molecule has 0 amide bonds. The first-order valence-electron chi connectivity index (χ1n) is 6.84. The molecule has 0 radical (unpaired) electrons. The number of aromatic amines is 1. The zero-order chi connectivity index (χ0) is 13.4. The molecule has 6 heteroatoms. The highest BCUT2D eigenvalue weighted by Gasteiger charge is 2.26. The molecule has 1 saturated heterocycles. The average Bonchev–Trinajstić information content (AvgIpc) is 2.86. The molecule has 3 rings (SSSR count). The number of hydrogen-bond acceptors (Lipinski definition) is 5. The van der Waals surface area contributed by atoms with E-state index in [-0.39, 0.29) is 0 Å². The quantitative estimate of drug-likeness (QED) is 0.864. The largest absolute Gasteiger partial charge is 0.357 e. The molecule has 2 atom stereocenters. The Morgan fingerprint density at radius 1 is 1.37 bits per heavy atom. The van der Waals surface area contributed by atoms with Crippen molar-refractivity contribution in [2.75, 3.05) is 23.8 Å². The molecule has 0 bridgehead atoms. The Morgan fingerprint density at radius 2 is 2.21 bits per heavy atom. The van der Waals surface area contributed by atoms with E-state index >= 15 is 0 Å². The molecule has 0 aliphatic carbocycles. The number of nitrogens with zero attached hydrogens (tertiary/aromatic N) is 4. The Kier molecular flexibility index (Phi) is 3.00. The van der Waals surface area contributed by atoms with Crippen LogP contribution < -0.4 is 10.2 Å². The van der Waals surface area contributed by atoms with E-state index in [9.17, 15) is 0 Å². The minimum Gasteiger partial charge on any atom is -0.357 e. The molecule has 3 heterocycles. The topological polar surface area (TPSA) is 69.7 Å². The summed E-state index contributed by atoms with van der Waals surface area (Å²) in [6, 6.07) is 0.495. The van der Waals surface area contributed by atoms with Crippen molar-refractivity contribution < 1.29 is 0 Å². The van der Waals surface area contributed by atoms with Gasteiger partial charge in [0, 0.05) is 19.6 Å². The first-order valence-corrected chi connectivity index (χ1v) is 6.84. The van der Waals surface area contributed by atoms with Crippen LogP contribution in [0.25, 0.3) is 11.2 Å². The normalized spacial score (nSPS) is 23.8. The molecule has 2 unspecified atom stereocenters. The molecule has 2 aromatic rings. The fraction of sp³-hybridized carbons (Fsp3) is 0.615. The van der Waals surface area contributed by atoms with E-state index in [2.05, 4.69) is 44.0 Å². The minimum absolute atomic E-state index is 0.495. The molecular weight excluding hydrogens is 240 g/mol. The maximum atomic E-state index is 4.62. The summed E-state index contributed by atoms with van der Waals surface area (Å²) in [6.07, 6.45) is 4.09. The van der Waals surface area contributed by atoms with Crippen molar-refractivity contribution in [1.29, 1.82) is 0 Å². The van der Waals surface area contributed by atoms with E-state index in [1.54, 1.807) is 6.33 Å². The summed E-state index contributed by atoms with van der Waals surface area (Å²) in [5.41, 5.74) is 1.65. The standard InChI is InChI=1S/C13H20N6/c1-8-4-5-19(9(2)6-8)12-10-11(16-7-15-10)17-13(14-3)18-12/h7-9H,4-6H2,1-3H3,(H2,14,15,16,17,18). The summed E-state index contributed by atoms with van der Waals surface area (Å²) < 4.78 is 0. The Hall–Kier alpha value is -1.85. The molecule has 2 aromatic heterocycles. The second kappa shape index (κ2) is 4.68. The van der Waals surface area contributed by atoms with E-state index in [1.807, 2.05) is 7.05 Å². The van der Waals surface area contributed by atoms with Crippen LogP contribution in [0.3, 0.4) is 0 Å². The van der Waals surface area contributed by atoms with Gasteiger partial charge in [-0.05, 0) is 25.7 Å². The van der Waals surface area contributed by atoms with E-state index in [1.165, 1.54) is 12.8 Å². The number of anilines is 2. The second-order valence-electron chi connectivity index (χ2n) is 5.39. The van der Waals surface area contributed by atoms with Gasteiger partial charge in [-0.25, -0.2) is 4.98 Å². The lowest BCUT2D eigenvalue weighted by molar-refractivity contribution is 0.376. The van der Waals surface area contributed by atoms with E-state index in [0.717, 1.165) is 29.4 Å². The van der Waals surface area contributed by atoms with Gasteiger partial charge in [0.05, 0.1) is 6.33 Å². The van der Waals surface area contributed by atoms with Crippen molar-refractivity contribution in [3.8, 4) is 0 Å². The SMILES string of the molecule is CNc1nc(N2CCC(C)CC2C)c2[nH]cnc2n1. The Morgan fingerprint density at radius 3 is 2.95 bits per heavy atom. The van der Waals surface area contributed by atoms with Gasteiger partial charge in [0.1, 0.15) is 5.52 Å². The summed E-state index contributed by atoms with van der Waals surface area (Å²) in [5, 5.41) is 3.01. The third kappa shape index (κ3) is 2.11. The monoisotopic (exact) mass is 260 g/mol. The fourth-order valence-corrected chi connectivity index (χ4v) is 2.86. The Bertz CT molecular complexity index is 578. The molecule has 6 nitrogen and oxygen atoms in total. The first kappa shape index (κ1) is 12.2. The zero-order valence-electron chi connectivity index (χ0n) is 11.6. The van der Waals surface area contributed by atoms with Gasteiger partial charge in [-0.1, -0.05) is 6.92 Å². The molecule has 0 aromatic carbocycles. The van der Waals surface area contributed by atoms with Crippen molar-refractivity contribution in [1.82, 2.24) is 19.9 Å². The van der Waals surface area contributed by atoms with Crippen LogP contribution in [0.15, 0.2) is 6.33 Å². The summed E-state index contributed by atoms with van der Waals surface area (Å²) in [4.78, 5) is 18.8. The van der Waals surface area contributed by atoms with E-state index in [0.29, 0.717) is 12.0 Å². The molecular formula is C13H20N6. The molecule has 0 spiro atoms. The average molecular weight is 260 g/mol. The summed E-state index contributed by atoms with van der Waals surface area (Å²) in [7, 11) is 1.83. The van der Waals surface area contributed by atoms with Gasteiger partial charge < -0.3 is 15.2 Å². The lowest BCUT2D eigenvalue weighted by Gasteiger charge is -2.37. The highest BCUT2D eigenvalue weighted by molar-refractivity contribution is 5.84. The van der Waals surface area contributed by atoms with Gasteiger partial charge in [0.25, 0.3) is 0 Å². The van der Waals surface area contributed by atoms with Crippen LogP contribution in [0.1, 0.15) is 26.7 Å². The number of hydrogen-bond donors (Lipinski definition) is 2. The third-order valence-corrected chi connectivity index (χ3v) is 3.90. The van der Waals surface area contributed by atoms with Crippen molar-refractivity contribution in [2.24, 2.45) is 5.92 Å². The highest BCUT2D eigenvalue weighted by Crippen LogP contribution is 2.30. The molecule has 19 heavy (non-hydrogen) atoms. The van der Waals surface area contributed by atoms with Crippen molar-refractivity contribution >= 4 is 22.9 Å². The molecule has 1 aliphatic rings. The summed E-state index contributed by atoms with van der Waals surface area (Å²) in [6.45, 7) is 5.62. The van der Waals surface area contributed by atoms with E-state index in [4.69, 9.17) is 0 Å². The minimum atomic E-state index is 0.495. The molecule has 0 saturated carbocycles. The fourth-order valence-electron chi connectivity index (χ4n) is 2.86. The van der Waals surface area contributed by atoms with Crippen LogP contribution in [-0.2, 0) is 0 Å². The molecule has 2 N–H and O–H groups in total. The van der Waals surface area contributed by atoms with Gasteiger partial charge in [-0.3, -0.25) is 0 Å². The van der Waals surface area contributed by atoms with Gasteiger partial charge in [-0.15, -0.1) is 0 Å². The third-order valence-electron chi connectivity index (χ3n) is 3.90. The van der Waals surface area contributed by atoms with Gasteiger partial charge in [0.15, 0.2) is 11.5 Å². The lowest BCUT2D eigenvalue weighted by Crippen LogP contribution is -2.41. The Balaban J connectivity index is 2.05. The number of fused-ring (bicyclic) bond motifs is 1. The van der Waals surface area contributed by atoms with Crippen LogP contribution >= 0.6 is 0 Å². The Labute approximate surface area is 112 Å². The van der Waals surface area contributed by atoms with E-state index < -0.39 is 0 Å². The summed E-state index contributed by atoms with van der Waals surface area (Å²) >= 11 is 0. The number of rotatable bonds is 2. The zero-order valence-corrected chi connectivity index (χ0v) is 11.6. The van der Waals surface area contributed by atoms with Gasteiger partial charge in [0.2, 0.25) is 5.95 Å². The molecule has 1 aliphatic heterocycles. The smallest absolute Gasteiger partial charge is 0.226 e. The molecule has 1 fully saturated rings. The van der Waals surface area contributed by atoms with Crippen LogP contribution in [0.2, 0.25) is 0 Å². The number of piperidine rings is 1. The predicted molar refractivity (Wildman–Crippen MR) is 76.4 cm³/mol. The number of aromatic nitrogens is 4. The number of nitrogens with one attached hydrogen (secondary N) is 2. The predicted octanol–water partition coefficient (Wildman–Crippen LogP) is 2.02. The molecule has 102 valence electrons. The first-order chi connectivity index (χ1) is 9.19. The summed E-state index contributed by atoms with van der Waals surface area (Å²) in [5.74, 6) is 2.38. The lowest BCUT2D eigenvalue weighted by atomic mass is 9.93. The van der Waals surface area contributed by atoms with Crippen LogP contribution in [0, 0.1) is 5.92 Å². The van der Waals surface area contributed by atoms with Gasteiger partial charge in [-0.2, -0.15) is 9.97 Å². The maximum Gasteiger partial charge on any atom is 0.226 e. The van der Waals surface area contributed by atoms with Crippen molar-refractivity contribution in [3.05, 3.63) is 6.33 Å². The highest BCUT2D eigenvalue weighted by atomic mass is 15.3. The number of H-pyrrole nitrogens is 1. The van der Waals surface area contributed by atoms with Gasteiger partial charge >= 0.3 is 0 Å². The van der Waals surface area contributed by atoms with Crippen LogP contribution in [0.4, 0.5) is 11.8 Å². The van der Waals surface area contributed by atoms with Crippen LogP contribution in [0.5, 0.6) is 0 Å². The van der Waals surface area contributed by atoms with Crippen molar-refractivity contribution in [3.63, 3.8) is 0 Å². The van der Waals surface area contributed by atoms with Crippen LogP contribution in [-0.4, -0.2) is 39.6 Å². The maximum absolute atomic E-state index is 4.62. The number of imidazole rings is 1.